The molecule has 2 aromatic rings. The molecule has 0 atom stereocenters. The van der Waals surface area contributed by atoms with E-state index in [-0.39, 0.29) is 0 Å². The normalized spacial score (nSPS) is 11.4. The van der Waals surface area contributed by atoms with Crippen molar-refractivity contribution in [2.75, 3.05) is 6.54 Å². The molecule has 2 aromatic heterocycles. The largest absolute Gasteiger partial charge is 0.310 e. The van der Waals surface area contributed by atoms with Crippen LogP contribution in [-0.2, 0) is 26.6 Å². The Balaban J connectivity index is 1.85. The van der Waals surface area contributed by atoms with E-state index in [2.05, 4.69) is 34.3 Å². The maximum atomic E-state index is 4.30. The molecule has 0 unspecified atom stereocenters. The number of aromatic nitrogens is 5. The van der Waals surface area contributed by atoms with Crippen LogP contribution in [0.25, 0.3) is 0 Å². The van der Waals surface area contributed by atoms with Crippen LogP contribution in [0.15, 0.2) is 18.7 Å². The van der Waals surface area contributed by atoms with Crippen molar-refractivity contribution in [2.45, 2.75) is 33.4 Å². The summed E-state index contributed by atoms with van der Waals surface area (Å²) in [5.41, 5.74) is 1.22. The number of aryl methyl sites for hydroxylation is 3. The average Bonchev–Trinajstić information content (AvgIpc) is 2.95. The monoisotopic (exact) mass is 262 g/mol. The molecule has 6 heteroatoms. The van der Waals surface area contributed by atoms with E-state index in [0.717, 1.165) is 31.9 Å². The fourth-order valence-electron chi connectivity index (χ4n) is 1.92. The van der Waals surface area contributed by atoms with Gasteiger partial charge >= 0.3 is 0 Å². The Bertz CT molecular complexity index is 499. The minimum atomic E-state index is 0.645. The van der Waals surface area contributed by atoms with Gasteiger partial charge in [0.25, 0.3) is 0 Å². The van der Waals surface area contributed by atoms with Crippen LogP contribution < -0.4 is 5.32 Å². The number of rotatable bonds is 7. The quantitative estimate of drug-likeness (QED) is 0.808. The van der Waals surface area contributed by atoms with E-state index in [1.165, 1.54) is 5.56 Å². The van der Waals surface area contributed by atoms with Crippen LogP contribution in [0.1, 0.15) is 25.2 Å². The number of hydrogen-bond acceptors (Lipinski definition) is 4. The average molecular weight is 262 g/mol. The maximum Gasteiger partial charge on any atom is 0.140 e. The molecule has 0 saturated heterocycles. The Morgan fingerprint density at radius 3 is 2.84 bits per heavy atom. The second kappa shape index (κ2) is 6.47. The minimum absolute atomic E-state index is 0.645. The van der Waals surface area contributed by atoms with Crippen molar-refractivity contribution in [3.63, 3.8) is 0 Å². The number of nitrogens with zero attached hydrogens (tertiary/aromatic N) is 5. The molecule has 2 heterocycles. The minimum Gasteiger partial charge on any atom is -0.310 e. The zero-order chi connectivity index (χ0) is 13.7. The predicted octanol–water partition coefficient (Wildman–Crippen LogP) is 1.000. The molecular weight excluding hydrogens is 240 g/mol. The van der Waals surface area contributed by atoms with E-state index < -0.39 is 0 Å². The van der Waals surface area contributed by atoms with Gasteiger partial charge in [0.15, 0.2) is 0 Å². The van der Waals surface area contributed by atoms with E-state index in [4.69, 9.17) is 0 Å². The SMILES string of the molecule is CC(C)CNCc1ncnn1CCc1cnn(C)c1. The molecule has 2 rings (SSSR count). The summed E-state index contributed by atoms with van der Waals surface area (Å²) in [5, 5.41) is 11.8. The Labute approximate surface area is 113 Å². The fraction of sp³-hybridized carbons (Fsp3) is 0.615. The van der Waals surface area contributed by atoms with Crippen LogP contribution in [-0.4, -0.2) is 31.1 Å². The highest BCUT2D eigenvalue weighted by Gasteiger charge is 2.05. The molecule has 0 aliphatic heterocycles. The van der Waals surface area contributed by atoms with E-state index in [0.29, 0.717) is 5.92 Å². The lowest BCUT2D eigenvalue weighted by Gasteiger charge is -2.08. The third-order valence-electron chi connectivity index (χ3n) is 2.90. The first-order valence-electron chi connectivity index (χ1n) is 6.70. The van der Waals surface area contributed by atoms with E-state index >= 15 is 0 Å². The third-order valence-corrected chi connectivity index (χ3v) is 2.90. The summed E-state index contributed by atoms with van der Waals surface area (Å²) in [6, 6.07) is 0. The number of hydrogen-bond donors (Lipinski definition) is 1. The molecule has 0 aliphatic rings. The van der Waals surface area contributed by atoms with Crippen molar-refractivity contribution in [1.29, 1.82) is 0 Å². The second-order valence-corrected chi connectivity index (χ2v) is 5.20. The van der Waals surface area contributed by atoms with Crippen LogP contribution >= 0.6 is 0 Å². The summed E-state index contributed by atoms with van der Waals surface area (Å²) < 4.78 is 3.78. The standard InChI is InChI=1S/C13H22N6/c1-11(2)6-14-8-13-15-10-17-19(13)5-4-12-7-16-18(3)9-12/h7,9-11,14H,4-6,8H2,1-3H3. The highest BCUT2D eigenvalue weighted by molar-refractivity contribution is 5.03. The first-order chi connectivity index (χ1) is 9.15. The van der Waals surface area contributed by atoms with Crippen LogP contribution in [0.2, 0.25) is 0 Å². The highest BCUT2D eigenvalue weighted by atomic mass is 15.3. The van der Waals surface area contributed by atoms with Gasteiger partial charge in [0, 0.05) is 19.8 Å². The van der Waals surface area contributed by atoms with E-state index in [1.54, 1.807) is 6.33 Å². The summed E-state index contributed by atoms with van der Waals surface area (Å²) in [4.78, 5) is 4.30. The highest BCUT2D eigenvalue weighted by Crippen LogP contribution is 2.02. The van der Waals surface area contributed by atoms with Crippen LogP contribution in [0, 0.1) is 5.92 Å². The molecule has 0 aliphatic carbocycles. The molecule has 0 amide bonds. The molecular formula is C13H22N6. The predicted molar refractivity (Wildman–Crippen MR) is 73.5 cm³/mol. The third kappa shape index (κ3) is 4.17. The van der Waals surface area contributed by atoms with Crippen molar-refractivity contribution in [3.8, 4) is 0 Å². The van der Waals surface area contributed by atoms with Gasteiger partial charge < -0.3 is 5.32 Å². The summed E-state index contributed by atoms with van der Waals surface area (Å²) in [6.07, 6.45) is 6.48. The topological polar surface area (TPSA) is 60.6 Å². The van der Waals surface area contributed by atoms with E-state index in [1.807, 2.05) is 28.8 Å². The Hall–Kier alpha value is -1.69. The van der Waals surface area contributed by atoms with Crippen molar-refractivity contribution in [1.82, 2.24) is 29.9 Å². The lowest BCUT2D eigenvalue weighted by Crippen LogP contribution is -2.22. The van der Waals surface area contributed by atoms with Gasteiger partial charge in [0.05, 0.1) is 12.7 Å². The van der Waals surface area contributed by atoms with Crippen LogP contribution in [0.3, 0.4) is 0 Å². The first kappa shape index (κ1) is 13.7. The summed E-state index contributed by atoms with van der Waals surface area (Å²) in [7, 11) is 1.93. The molecule has 104 valence electrons. The molecule has 0 aromatic carbocycles. The molecule has 6 nitrogen and oxygen atoms in total. The van der Waals surface area contributed by atoms with Crippen LogP contribution in [0.4, 0.5) is 0 Å². The summed E-state index contributed by atoms with van der Waals surface area (Å²) in [6.45, 7) is 6.99. The van der Waals surface area contributed by atoms with Gasteiger partial charge in [-0.3, -0.25) is 4.68 Å². The molecule has 0 bridgehead atoms. The Kier molecular flexibility index (Phi) is 4.68. The Morgan fingerprint density at radius 2 is 2.16 bits per heavy atom. The summed E-state index contributed by atoms with van der Waals surface area (Å²) in [5.74, 6) is 1.64. The first-order valence-corrected chi connectivity index (χ1v) is 6.70. The zero-order valence-corrected chi connectivity index (χ0v) is 11.9. The van der Waals surface area contributed by atoms with Crippen molar-refractivity contribution >= 4 is 0 Å². The smallest absolute Gasteiger partial charge is 0.140 e. The molecule has 0 spiro atoms. The van der Waals surface area contributed by atoms with Gasteiger partial charge in [-0.2, -0.15) is 10.2 Å². The van der Waals surface area contributed by atoms with Gasteiger partial charge in [-0.05, 0) is 24.4 Å². The van der Waals surface area contributed by atoms with Gasteiger partial charge in [-0.1, -0.05) is 13.8 Å². The lowest BCUT2D eigenvalue weighted by molar-refractivity contribution is 0.511. The Morgan fingerprint density at radius 1 is 1.32 bits per heavy atom. The van der Waals surface area contributed by atoms with Crippen molar-refractivity contribution < 1.29 is 0 Å². The van der Waals surface area contributed by atoms with Crippen molar-refractivity contribution in [3.05, 3.63) is 30.1 Å². The van der Waals surface area contributed by atoms with Gasteiger partial charge in [-0.15, -0.1) is 0 Å². The van der Waals surface area contributed by atoms with Crippen molar-refractivity contribution in [2.24, 2.45) is 13.0 Å². The van der Waals surface area contributed by atoms with Gasteiger partial charge in [0.1, 0.15) is 12.2 Å². The van der Waals surface area contributed by atoms with Crippen LogP contribution in [0.5, 0.6) is 0 Å². The molecule has 0 saturated carbocycles. The lowest BCUT2D eigenvalue weighted by atomic mass is 10.2. The van der Waals surface area contributed by atoms with E-state index in [9.17, 15) is 0 Å². The summed E-state index contributed by atoms with van der Waals surface area (Å²) >= 11 is 0. The molecule has 1 N–H and O–H groups in total. The molecule has 19 heavy (non-hydrogen) atoms. The number of nitrogens with one attached hydrogen (secondary N) is 1. The zero-order valence-electron chi connectivity index (χ0n) is 11.9. The van der Waals surface area contributed by atoms with Gasteiger partial charge in [-0.25, -0.2) is 9.67 Å². The second-order valence-electron chi connectivity index (χ2n) is 5.20. The van der Waals surface area contributed by atoms with Gasteiger partial charge in [0.2, 0.25) is 0 Å². The maximum absolute atomic E-state index is 4.30. The molecule has 0 fully saturated rings. The molecule has 0 radical (unpaired) electrons. The fourth-order valence-corrected chi connectivity index (χ4v) is 1.92.